The van der Waals surface area contributed by atoms with Gasteiger partial charge in [-0.15, -0.1) is 12.4 Å². The molecule has 0 bridgehead atoms. The molecule has 4 rings (SSSR count). The highest BCUT2D eigenvalue weighted by Gasteiger charge is 2.51. The van der Waals surface area contributed by atoms with Crippen LogP contribution in [0.1, 0.15) is 25.2 Å². The van der Waals surface area contributed by atoms with E-state index >= 15 is 0 Å². The minimum Gasteiger partial charge on any atom is -0.338 e. The summed E-state index contributed by atoms with van der Waals surface area (Å²) < 4.78 is 5.58. The lowest BCUT2D eigenvalue weighted by molar-refractivity contribution is 0.265. The lowest BCUT2D eigenvalue weighted by atomic mass is 9.80. The monoisotopic (exact) mass is 292 g/mol. The number of pyridine rings is 1. The molecule has 1 N–H and O–H groups in total. The molecule has 2 aliphatic rings. The molecule has 0 spiro atoms. The van der Waals surface area contributed by atoms with Crippen LogP contribution in [0, 0.1) is 5.92 Å². The van der Waals surface area contributed by atoms with Crippen molar-refractivity contribution in [3.8, 4) is 11.4 Å². The number of fused-ring (bicyclic) bond motifs is 1. The largest absolute Gasteiger partial charge is 0.338 e. The highest BCUT2D eigenvalue weighted by Crippen LogP contribution is 2.47. The van der Waals surface area contributed by atoms with E-state index in [1.165, 1.54) is 12.8 Å². The average molecular weight is 293 g/mol. The molecule has 1 saturated heterocycles. The van der Waals surface area contributed by atoms with Gasteiger partial charge in [0.05, 0.1) is 5.41 Å². The summed E-state index contributed by atoms with van der Waals surface area (Å²) in [6, 6.07) is 3.84. The Morgan fingerprint density at radius 3 is 3.20 bits per heavy atom. The topological polar surface area (TPSA) is 63.8 Å². The number of rotatable bonds is 2. The maximum atomic E-state index is 5.58. The van der Waals surface area contributed by atoms with Gasteiger partial charge in [-0.05, 0) is 37.4 Å². The Bertz CT molecular complexity index is 576. The zero-order valence-electron chi connectivity index (χ0n) is 11.1. The van der Waals surface area contributed by atoms with Crippen LogP contribution in [0.15, 0.2) is 29.0 Å². The van der Waals surface area contributed by atoms with Crippen LogP contribution in [0.25, 0.3) is 11.4 Å². The number of nitrogens with one attached hydrogen (secondary N) is 1. The molecule has 6 heteroatoms. The number of halogens is 1. The van der Waals surface area contributed by atoms with E-state index in [2.05, 4.69) is 20.4 Å². The van der Waals surface area contributed by atoms with Gasteiger partial charge >= 0.3 is 0 Å². The van der Waals surface area contributed by atoms with Gasteiger partial charge in [-0.2, -0.15) is 4.98 Å². The van der Waals surface area contributed by atoms with Crippen LogP contribution in [0.5, 0.6) is 0 Å². The molecule has 0 aromatic carbocycles. The van der Waals surface area contributed by atoms with Crippen LogP contribution in [0.4, 0.5) is 0 Å². The third-order valence-corrected chi connectivity index (χ3v) is 4.56. The predicted octanol–water partition coefficient (Wildman–Crippen LogP) is 2.19. The maximum Gasteiger partial charge on any atom is 0.234 e. The quantitative estimate of drug-likeness (QED) is 0.919. The third-order valence-electron chi connectivity index (χ3n) is 4.56. The second kappa shape index (κ2) is 5.14. The molecular weight excluding hydrogens is 276 g/mol. The van der Waals surface area contributed by atoms with Gasteiger partial charge in [0.15, 0.2) is 0 Å². The zero-order valence-corrected chi connectivity index (χ0v) is 11.9. The molecule has 2 aromatic rings. The molecule has 5 nitrogen and oxygen atoms in total. The van der Waals surface area contributed by atoms with Gasteiger partial charge < -0.3 is 9.84 Å². The van der Waals surface area contributed by atoms with E-state index < -0.39 is 0 Å². The summed E-state index contributed by atoms with van der Waals surface area (Å²) in [6.45, 7) is 2.04. The number of nitrogens with zero attached hydrogens (tertiary/aromatic N) is 3. The Morgan fingerprint density at radius 2 is 2.35 bits per heavy atom. The molecule has 0 amide bonds. The first kappa shape index (κ1) is 13.5. The average Bonchev–Trinajstić information content (AvgIpc) is 3.14. The fourth-order valence-corrected chi connectivity index (χ4v) is 3.54. The predicted molar refractivity (Wildman–Crippen MR) is 76.7 cm³/mol. The molecule has 106 valence electrons. The van der Waals surface area contributed by atoms with Gasteiger partial charge in [0.2, 0.25) is 11.7 Å². The summed E-state index contributed by atoms with van der Waals surface area (Å²) in [7, 11) is 0. The highest BCUT2D eigenvalue weighted by molar-refractivity contribution is 5.85. The number of hydrogen-bond acceptors (Lipinski definition) is 5. The third kappa shape index (κ3) is 1.93. The summed E-state index contributed by atoms with van der Waals surface area (Å²) in [5.74, 6) is 2.10. The molecule has 2 aromatic heterocycles. The van der Waals surface area contributed by atoms with Crippen molar-refractivity contribution in [2.24, 2.45) is 5.92 Å². The molecule has 2 atom stereocenters. The molecule has 1 aliphatic carbocycles. The van der Waals surface area contributed by atoms with Crippen LogP contribution in [0.2, 0.25) is 0 Å². The summed E-state index contributed by atoms with van der Waals surface area (Å²) in [6.07, 6.45) is 7.19. The highest BCUT2D eigenvalue weighted by atomic mass is 35.5. The van der Waals surface area contributed by atoms with Crippen LogP contribution < -0.4 is 5.32 Å². The second-order valence-corrected chi connectivity index (χ2v) is 5.54. The van der Waals surface area contributed by atoms with E-state index in [1.807, 2.05) is 12.1 Å². The SMILES string of the molecule is Cl.c1cncc(-c2noc([C@@]34CCC[C@@H]3CNC4)n2)c1. The van der Waals surface area contributed by atoms with Gasteiger partial charge in [0.25, 0.3) is 0 Å². The van der Waals surface area contributed by atoms with Crippen LogP contribution in [0.3, 0.4) is 0 Å². The van der Waals surface area contributed by atoms with Crippen molar-refractivity contribution in [3.05, 3.63) is 30.4 Å². The summed E-state index contributed by atoms with van der Waals surface area (Å²) in [5.41, 5.74) is 0.988. The summed E-state index contributed by atoms with van der Waals surface area (Å²) >= 11 is 0. The number of aromatic nitrogens is 3. The molecule has 3 heterocycles. The lowest BCUT2D eigenvalue weighted by Gasteiger charge is -2.22. The van der Waals surface area contributed by atoms with Crippen molar-refractivity contribution in [1.82, 2.24) is 20.4 Å². The molecule has 0 radical (unpaired) electrons. The van der Waals surface area contributed by atoms with Gasteiger partial charge in [-0.25, -0.2) is 0 Å². The smallest absolute Gasteiger partial charge is 0.234 e. The normalized spacial score (nSPS) is 28.1. The first-order chi connectivity index (χ1) is 9.38. The molecule has 20 heavy (non-hydrogen) atoms. The minimum absolute atomic E-state index is 0. The second-order valence-electron chi connectivity index (χ2n) is 5.54. The first-order valence-corrected chi connectivity index (χ1v) is 6.84. The lowest BCUT2D eigenvalue weighted by Crippen LogP contribution is -2.31. The van der Waals surface area contributed by atoms with E-state index in [0.717, 1.165) is 31.0 Å². The summed E-state index contributed by atoms with van der Waals surface area (Å²) in [4.78, 5) is 8.74. The van der Waals surface area contributed by atoms with E-state index in [1.54, 1.807) is 12.4 Å². The molecule has 1 aliphatic heterocycles. The molecule has 1 saturated carbocycles. The van der Waals surface area contributed by atoms with Crippen molar-refractivity contribution in [1.29, 1.82) is 0 Å². The van der Waals surface area contributed by atoms with Crippen LogP contribution >= 0.6 is 12.4 Å². The Balaban J connectivity index is 0.00000121. The van der Waals surface area contributed by atoms with Crippen molar-refractivity contribution < 1.29 is 4.52 Å². The van der Waals surface area contributed by atoms with E-state index in [9.17, 15) is 0 Å². The van der Waals surface area contributed by atoms with Crippen molar-refractivity contribution in [2.45, 2.75) is 24.7 Å². The zero-order chi connectivity index (χ0) is 12.7. The molecule has 0 unspecified atom stereocenters. The van der Waals surface area contributed by atoms with E-state index in [-0.39, 0.29) is 17.8 Å². The first-order valence-electron chi connectivity index (χ1n) is 6.84. The summed E-state index contributed by atoms with van der Waals surface area (Å²) in [5, 5.41) is 7.60. The standard InChI is InChI=1S/C14H16N4O.ClH/c1-4-11-8-16-9-14(11,5-1)13-17-12(18-19-13)10-3-2-6-15-7-10;/h2-3,6-7,11,16H,1,4-5,8-9H2;1H/t11-,14-;/m1./s1. The van der Waals surface area contributed by atoms with Crippen LogP contribution in [-0.2, 0) is 5.41 Å². The van der Waals surface area contributed by atoms with Gasteiger partial charge in [-0.1, -0.05) is 11.6 Å². The fraction of sp³-hybridized carbons (Fsp3) is 0.500. The van der Waals surface area contributed by atoms with Crippen molar-refractivity contribution >= 4 is 12.4 Å². The van der Waals surface area contributed by atoms with Crippen molar-refractivity contribution in [2.75, 3.05) is 13.1 Å². The van der Waals surface area contributed by atoms with E-state index in [4.69, 9.17) is 4.52 Å². The fourth-order valence-electron chi connectivity index (χ4n) is 3.54. The number of hydrogen-bond donors (Lipinski definition) is 1. The van der Waals surface area contributed by atoms with Gasteiger partial charge in [-0.3, -0.25) is 4.98 Å². The van der Waals surface area contributed by atoms with Crippen LogP contribution in [-0.4, -0.2) is 28.2 Å². The molecular formula is C14H17ClN4O. The minimum atomic E-state index is 0. The Labute approximate surface area is 123 Å². The van der Waals surface area contributed by atoms with Gasteiger partial charge in [0, 0.05) is 24.5 Å². The van der Waals surface area contributed by atoms with Crippen molar-refractivity contribution in [3.63, 3.8) is 0 Å². The van der Waals surface area contributed by atoms with Gasteiger partial charge in [0.1, 0.15) is 0 Å². The Morgan fingerprint density at radius 1 is 1.40 bits per heavy atom. The molecule has 2 fully saturated rings. The maximum absolute atomic E-state index is 5.58. The Kier molecular flexibility index (Phi) is 3.48. The van der Waals surface area contributed by atoms with E-state index in [0.29, 0.717) is 11.7 Å². The Hall–Kier alpha value is -1.46.